The summed E-state index contributed by atoms with van der Waals surface area (Å²) in [5, 5.41) is -0.0633. The van der Waals surface area contributed by atoms with Crippen molar-refractivity contribution < 1.29 is 4.39 Å². The lowest BCUT2D eigenvalue weighted by molar-refractivity contribution is 0.589. The van der Waals surface area contributed by atoms with Crippen molar-refractivity contribution in [2.45, 2.75) is 36.3 Å². The van der Waals surface area contributed by atoms with Gasteiger partial charge in [-0.2, -0.15) is 0 Å². The van der Waals surface area contributed by atoms with Gasteiger partial charge in [-0.05, 0) is 29.2 Å². The standard InChI is InChI=1S/C18H22FNS/c1-18(2,3)13-8-10-14(11-9-13)21-17(12-20)15-6-4-5-7-16(15)19/h4-11,17H,12,20H2,1-3H3. The Morgan fingerprint density at radius 3 is 2.19 bits per heavy atom. The van der Waals surface area contributed by atoms with Crippen LogP contribution in [0.5, 0.6) is 0 Å². The van der Waals surface area contributed by atoms with Crippen molar-refractivity contribution in [3.63, 3.8) is 0 Å². The molecule has 0 heterocycles. The minimum Gasteiger partial charge on any atom is -0.329 e. The van der Waals surface area contributed by atoms with E-state index in [1.54, 1.807) is 17.8 Å². The van der Waals surface area contributed by atoms with Crippen LogP contribution in [-0.4, -0.2) is 6.54 Å². The van der Waals surface area contributed by atoms with Crippen LogP contribution in [0.4, 0.5) is 4.39 Å². The minimum absolute atomic E-state index is 0.0633. The number of thioether (sulfide) groups is 1. The van der Waals surface area contributed by atoms with Crippen molar-refractivity contribution >= 4 is 11.8 Å². The maximum Gasteiger partial charge on any atom is 0.127 e. The Labute approximate surface area is 130 Å². The predicted molar refractivity (Wildman–Crippen MR) is 89.2 cm³/mol. The van der Waals surface area contributed by atoms with Crippen LogP contribution in [-0.2, 0) is 5.41 Å². The van der Waals surface area contributed by atoms with E-state index in [0.717, 1.165) is 4.90 Å². The van der Waals surface area contributed by atoms with Crippen LogP contribution in [0.15, 0.2) is 53.4 Å². The van der Waals surface area contributed by atoms with E-state index in [-0.39, 0.29) is 16.5 Å². The molecule has 2 aromatic rings. The summed E-state index contributed by atoms with van der Waals surface area (Å²) in [5.41, 5.74) is 7.94. The molecular weight excluding hydrogens is 281 g/mol. The van der Waals surface area contributed by atoms with Crippen LogP contribution in [0, 0.1) is 5.82 Å². The molecule has 0 aliphatic carbocycles. The molecule has 3 heteroatoms. The molecule has 1 atom stereocenters. The van der Waals surface area contributed by atoms with Crippen LogP contribution in [0.25, 0.3) is 0 Å². The second-order valence-corrected chi connectivity index (χ2v) is 7.41. The third-order valence-corrected chi connectivity index (χ3v) is 4.74. The molecule has 0 aliphatic heterocycles. The quantitative estimate of drug-likeness (QED) is 0.812. The Balaban J connectivity index is 2.18. The topological polar surface area (TPSA) is 26.0 Å². The fourth-order valence-electron chi connectivity index (χ4n) is 2.17. The van der Waals surface area contributed by atoms with Gasteiger partial charge in [0.2, 0.25) is 0 Å². The maximum atomic E-state index is 13.9. The van der Waals surface area contributed by atoms with Crippen LogP contribution in [0.1, 0.15) is 37.1 Å². The van der Waals surface area contributed by atoms with Crippen molar-refractivity contribution in [1.82, 2.24) is 0 Å². The van der Waals surface area contributed by atoms with Crippen molar-refractivity contribution in [3.05, 3.63) is 65.5 Å². The Bertz CT molecular complexity index is 587. The normalized spacial score (nSPS) is 13.2. The molecule has 2 rings (SSSR count). The summed E-state index contributed by atoms with van der Waals surface area (Å²) < 4.78 is 13.9. The Hall–Kier alpha value is -1.32. The smallest absolute Gasteiger partial charge is 0.127 e. The molecule has 0 fully saturated rings. The van der Waals surface area contributed by atoms with Crippen LogP contribution in [0.2, 0.25) is 0 Å². The molecule has 0 amide bonds. The first-order valence-electron chi connectivity index (χ1n) is 7.13. The maximum absolute atomic E-state index is 13.9. The van der Waals surface area contributed by atoms with Crippen molar-refractivity contribution in [3.8, 4) is 0 Å². The lowest BCUT2D eigenvalue weighted by Crippen LogP contribution is -2.11. The second-order valence-electron chi connectivity index (χ2n) is 6.14. The molecule has 0 aromatic heterocycles. The van der Waals surface area contributed by atoms with Gasteiger partial charge in [0.15, 0.2) is 0 Å². The lowest BCUT2D eigenvalue weighted by atomic mass is 9.87. The van der Waals surface area contributed by atoms with Gasteiger partial charge in [-0.1, -0.05) is 51.1 Å². The predicted octanol–water partition coefficient (Wildman–Crippen LogP) is 4.92. The highest BCUT2D eigenvalue weighted by atomic mass is 32.2. The number of hydrogen-bond acceptors (Lipinski definition) is 2. The summed E-state index contributed by atoms with van der Waals surface area (Å²) >= 11 is 1.61. The first-order chi connectivity index (χ1) is 9.91. The minimum atomic E-state index is -0.188. The molecule has 112 valence electrons. The summed E-state index contributed by atoms with van der Waals surface area (Å²) in [6.07, 6.45) is 0. The van der Waals surface area contributed by atoms with Gasteiger partial charge >= 0.3 is 0 Å². The van der Waals surface area contributed by atoms with Crippen molar-refractivity contribution in [2.75, 3.05) is 6.54 Å². The van der Waals surface area contributed by atoms with Crippen LogP contribution in [0.3, 0.4) is 0 Å². The van der Waals surface area contributed by atoms with Crippen LogP contribution < -0.4 is 5.73 Å². The summed E-state index contributed by atoms with van der Waals surface area (Å²) in [7, 11) is 0. The number of rotatable bonds is 4. The Morgan fingerprint density at radius 2 is 1.67 bits per heavy atom. The van der Waals surface area contributed by atoms with Crippen LogP contribution >= 0.6 is 11.8 Å². The zero-order chi connectivity index (χ0) is 15.5. The van der Waals surface area contributed by atoms with Gasteiger partial charge in [0, 0.05) is 22.3 Å². The van der Waals surface area contributed by atoms with E-state index >= 15 is 0 Å². The third kappa shape index (κ3) is 4.08. The Kier molecular flexibility index (Phi) is 5.07. The molecule has 0 radical (unpaired) electrons. The van der Waals surface area contributed by atoms with Crippen molar-refractivity contribution in [2.24, 2.45) is 5.73 Å². The molecule has 0 saturated heterocycles. The number of benzene rings is 2. The monoisotopic (exact) mass is 303 g/mol. The van der Waals surface area contributed by atoms with Gasteiger partial charge < -0.3 is 5.73 Å². The lowest BCUT2D eigenvalue weighted by Gasteiger charge is -2.20. The number of halogens is 1. The molecule has 0 aliphatic rings. The first-order valence-corrected chi connectivity index (χ1v) is 8.01. The molecule has 1 unspecified atom stereocenters. The molecule has 0 spiro atoms. The fraction of sp³-hybridized carbons (Fsp3) is 0.333. The van der Waals surface area contributed by atoms with E-state index < -0.39 is 0 Å². The van der Waals surface area contributed by atoms with E-state index in [0.29, 0.717) is 12.1 Å². The van der Waals surface area contributed by atoms with E-state index in [4.69, 9.17) is 5.73 Å². The highest BCUT2D eigenvalue weighted by Crippen LogP contribution is 2.36. The highest BCUT2D eigenvalue weighted by Gasteiger charge is 2.17. The van der Waals surface area contributed by atoms with Gasteiger partial charge in [0.1, 0.15) is 5.82 Å². The molecule has 21 heavy (non-hydrogen) atoms. The van der Waals surface area contributed by atoms with Gasteiger partial charge in [-0.25, -0.2) is 4.39 Å². The average Bonchev–Trinajstić information content (AvgIpc) is 2.45. The van der Waals surface area contributed by atoms with Gasteiger partial charge in [0.05, 0.1) is 0 Å². The molecular formula is C18H22FNS. The van der Waals surface area contributed by atoms with E-state index in [1.165, 1.54) is 11.6 Å². The molecule has 2 aromatic carbocycles. The summed E-state index contributed by atoms with van der Waals surface area (Å²) in [6, 6.07) is 15.3. The molecule has 0 bridgehead atoms. The zero-order valence-corrected chi connectivity index (χ0v) is 13.6. The van der Waals surface area contributed by atoms with Crippen molar-refractivity contribution in [1.29, 1.82) is 0 Å². The third-order valence-electron chi connectivity index (χ3n) is 3.46. The fourth-order valence-corrected chi connectivity index (χ4v) is 3.21. The van der Waals surface area contributed by atoms with Gasteiger partial charge in [-0.15, -0.1) is 11.8 Å². The summed E-state index contributed by atoms with van der Waals surface area (Å²) in [4.78, 5) is 1.11. The second kappa shape index (κ2) is 6.63. The zero-order valence-electron chi connectivity index (χ0n) is 12.8. The summed E-state index contributed by atoms with van der Waals surface area (Å²) in [6.45, 7) is 6.98. The molecule has 1 nitrogen and oxygen atoms in total. The summed E-state index contributed by atoms with van der Waals surface area (Å²) in [5.74, 6) is -0.188. The average molecular weight is 303 g/mol. The van der Waals surface area contributed by atoms with Gasteiger partial charge in [0.25, 0.3) is 0 Å². The number of hydrogen-bond donors (Lipinski definition) is 1. The molecule has 0 saturated carbocycles. The highest BCUT2D eigenvalue weighted by molar-refractivity contribution is 7.99. The van der Waals surface area contributed by atoms with Gasteiger partial charge in [-0.3, -0.25) is 0 Å². The SMILES string of the molecule is CC(C)(C)c1ccc(SC(CN)c2ccccc2F)cc1. The number of nitrogens with two attached hydrogens (primary N) is 1. The molecule has 2 N–H and O–H groups in total. The van der Waals surface area contributed by atoms with E-state index in [1.807, 2.05) is 12.1 Å². The van der Waals surface area contributed by atoms with E-state index in [9.17, 15) is 4.39 Å². The first kappa shape index (κ1) is 16.1. The Morgan fingerprint density at radius 1 is 1.05 bits per heavy atom. The largest absolute Gasteiger partial charge is 0.329 e. The van der Waals surface area contributed by atoms with E-state index in [2.05, 4.69) is 45.0 Å².